The molecule has 4 nitrogen and oxygen atoms in total. The fourth-order valence-electron chi connectivity index (χ4n) is 1.43. The molecule has 0 saturated carbocycles. The monoisotopic (exact) mass is 278 g/mol. The summed E-state index contributed by atoms with van der Waals surface area (Å²) in [7, 11) is 0. The van der Waals surface area contributed by atoms with E-state index in [1.54, 1.807) is 23.5 Å². The van der Waals surface area contributed by atoms with E-state index >= 15 is 0 Å². The molecular weight excluding hydrogens is 268 g/mol. The second kappa shape index (κ2) is 5.80. The average Bonchev–Trinajstić information content (AvgIpc) is 2.77. The van der Waals surface area contributed by atoms with E-state index < -0.39 is 0 Å². The van der Waals surface area contributed by atoms with Gasteiger partial charge < -0.3 is 5.32 Å². The number of nitrogens with one attached hydrogen (secondary N) is 1. The van der Waals surface area contributed by atoms with E-state index in [-0.39, 0.29) is 5.69 Å². The molecule has 1 N–H and O–H groups in total. The van der Waals surface area contributed by atoms with E-state index in [9.17, 15) is 0 Å². The van der Waals surface area contributed by atoms with Crippen molar-refractivity contribution in [3.8, 4) is 6.07 Å². The van der Waals surface area contributed by atoms with Crippen LogP contribution in [-0.2, 0) is 6.42 Å². The predicted octanol–water partition coefficient (Wildman–Crippen LogP) is 3.03. The van der Waals surface area contributed by atoms with Crippen molar-refractivity contribution in [3.63, 3.8) is 0 Å². The van der Waals surface area contributed by atoms with Crippen molar-refractivity contribution in [1.82, 2.24) is 9.97 Å². The van der Waals surface area contributed by atoms with Crippen LogP contribution in [0.5, 0.6) is 0 Å². The molecule has 0 aliphatic rings. The minimum atomic E-state index is 0.242. The highest BCUT2D eigenvalue weighted by molar-refractivity contribution is 7.11. The summed E-state index contributed by atoms with van der Waals surface area (Å²) >= 11 is 7.50. The zero-order valence-corrected chi connectivity index (χ0v) is 11.3. The number of pyridine rings is 1. The zero-order chi connectivity index (χ0) is 13.0. The number of anilines is 1. The van der Waals surface area contributed by atoms with E-state index in [0.29, 0.717) is 10.8 Å². The van der Waals surface area contributed by atoms with Gasteiger partial charge in [0.15, 0.2) is 5.69 Å². The molecular formula is C12H11ClN4S. The highest BCUT2D eigenvalue weighted by Crippen LogP contribution is 2.16. The lowest BCUT2D eigenvalue weighted by molar-refractivity contribution is 0.986. The lowest BCUT2D eigenvalue weighted by Gasteiger charge is -2.04. The van der Waals surface area contributed by atoms with Gasteiger partial charge in [-0.25, -0.2) is 9.97 Å². The highest BCUT2D eigenvalue weighted by atomic mass is 35.5. The standard InChI is InChI=1S/C12H11ClN4S/c1-8-7-16-12(18-8)4-5-15-11-3-2-9(13)10(6-14)17-11/h2-3,7H,4-5H2,1H3,(H,15,17). The fraction of sp³-hybridized carbons (Fsp3) is 0.250. The number of nitriles is 1. The first-order chi connectivity index (χ1) is 8.69. The van der Waals surface area contributed by atoms with Gasteiger partial charge in [0.2, 0.25) is 0 Å². The van der Waals surface area contributed by atoms with Crippen LogP contribution in [0.3, 0.4) is 0 Å². The summed E-state index contributed by atoms with van der Waals surface area (Å²) in [6.07, 6.45) is 2.71. The van der Waals surface area contributed by atoms with Gasteiger partial charge in [0.25, 0.3) is 0 Å². The molecule has 6 heteroatoms. The van der Waals surface area contributed by atoms with E-state index in [0.717, 1.165) is 18.0 Å². The minimum absolute atomic E-state index is 0.242. The Labute approximate surface area is 114 Å². The van der Waals surface area contributed by atoms with Gasteiger partial charge >= 0.3 is 0 Å². The Morgan fingerprint density at radius 3 is 3.00 bits per heavy atom. The summed E-state index contributed by atoms with van der Waals surface area (Å²) in [6.45, 7) is 2.76. The summed E-state index contributed by atoms with van der Waals surface area (Å²) in [6, 6.07) is 5.38. The molecule has 2 aromatic heterocycles. The van der Waals surface area contributed by atoms with Crippen LogP contribution < -0.4 is 5.32 Å². The summed E-state index contributed by atoms with van der Waals surface area (Å²) in [4.78, 5) is 9.60. The van der Waals surface area contributed by atoms with Gasteiger partial charge in [-0.05, 0) is 19.1 Å². The minimum Gasteiger partial charge on any atom is -0.370 e. The predicted molar refractivity (Wildman–Crippen MR) is 73.0 cm³/mol. The first-order valence-electron chi connectivity index (χ1n) is 5.41. The lowest BCUT2D eigenvalue weighted by atomic mass is 10.3. The Morgan fingerprint density at radius 2 is 2.33 bits per heavy atom. The number of rotatable bonds is 4. The summed E-state index contributed by atoms with van der Waals surface area (Å²) in [5.41, 5.74) is 0.242. The molecule has 0 bridgehead atoms. The number of aryl methyl sites for hydroxylation is 1. The van der Waals surface area contributed by atoms with E-state index in [1.165, 1.54) is 4.88 Å². The van der Waals surface area contributed by atoms with Crippen molar-refractivity contribution in [1.29, 1.82) is 5.26 Å². The number of hydrogen-bond donors (Lipinski definition) is 1. The van der Waals surface area contributed by atoms with Crippen LogP contribution in [0.15, 0.2) is 18.3 Å². The van der Waals surface area contributed by atoms with Crippen LogP contribution in [0.1, 0.15) is 15.6 Å². The molecule has 0 amide bonds. The lowest BCUT2D eigenvalue weighted by Crippen LogP contribution is -2.06. The maximum atomic E-state index is 8.82. The molecule has 0 atom stereocenters. The molecule has 18 heavy (non-hydrogen) atoms. The Hall–Kier alpha value is -1.64. The normalized spacial score (nSPS) is 10.1. The Kier molecular flexibility index (Phi) is 4.13. The molecule has 92 valence electrons. The van der Waals surface area contributed by atoms with Crippen LogP contribution in [0.25, 0.3) is 0 Å². The van der Waals surface area contributed by atoms with Crippen LogP contribution in [0.2, 0.25) is 5.02 Å². The van der Waals surface area contributed by atoms with Crippen molar-refractivity contribution >= 4 is 28.8 Å². The molecule has 0 radical (unpaired) electrons. The Morgan fingerprint density at radius 1 is 1.50 bits per heavy atom. The molecule has 2 rings (SSSR count). The first kappa shape index (κ1) is 12.8. The molecule has 0 aliphatic heterocycles. The second-order valence-corrected chi connectivity index (χ2v) is 5.41. The summed E-state index contributed by atoms with van der Waals surface area (Å²) in [5.74, 6) is 0.657. The van der Waals surface area contributed by atoms with Crippen molar-refractivity contribution in [2.24, 2.45) is 0 Å². The van der Waals surface area contributed by atoms with Crippen molar-refractivity contribution < 1.29 is 0 Å². The zero-order valence-electron chi connectivity index (χ0n) is 9.77. The number of aromatic nitrogens is 2. The Bertz CT molecular complexity index is 588. The van der Waals surface area contributed by atoms with Crippen molar-refractivity contribution in [2.45, 2.75) is 13.3 Å². The second-order valence-electron chi connectivity index (χ2n) is 3.68. The van der Waals surface area contributed by atoms with Crippen LogP contribution >= 0.6 is 22.9 Å². The molecule has 0 saturated heterocycles. The quantitative estimate of drug-likeness (QED) is 0.934. The number of thiazole rings is 1. The maximum Gasteiger partial charge on any atom is 0.161 e. The van der Waals surface area contributed by atoms with Gasteiger partial charge in [-0.1, -0.05) is 11.6 Å². The SMILES string of the molecule is Cc1cnc(CCNc2ccc(Cl)c(C#N)n2)s1. The fourth-order valence-corrected chi connectivity index (χ4v) is 2.37. The van der Waals surface area contributed by atoms with Gasteiger partial charge in [-0.2, -0.15) is 5.26 Å². The molecule has 0 spiro atoms. The van der Waals surface area contributed by atoms with E-state index in [4.69, 9.17) is 16.9 Å². The van der Waals surface area contributed by atoms with Crippen molar-refractivity contribution in [2.75, 3.05) is 11.9 Å². The third-order valence-corrected chi connectivity index (χ3v) is 3.54. The van der Waals surface area contributed by atoms with Crippen LogP contribution in [0.4, 0.5) is 5.82 Å². The average molecular weight is 279 g/mol. The van der Waals surface area contributed by atoms with E-state index in [1.807, 2.05) is 19.2 Å². The maximum absolute atomic E-state index is 8.82. The molecule has 0 unspecified atom stereocenters. The first-order valence-corrected chi connectivity index (χ1v) is 6.60. The van der Waals surface area contributed by atoms with Crippen molar-refractivity contribution in [3.05, 3.63) is 38.9 Å². The van der Waals surface area contributed by atoms with Gasteiger partial charge in [0, 0.05) is 24.0 Å². The highest BCUT2D eigenvalue weighted by Gasteiger charge is 2.03. The van der Waals surface area contributed by atoms with E-state index in [2.05, 4.69) is 15.3 Å². The number of nitrogens with zero attached hydrogens (tertiary/aromatic N) is 3. The van der Waals surface area contributed by atoms with Gasteiger partial charge in [-0.15, -0.1) is 11.3 Å². The summed E-state index contributed by atoms with van der Waals surface area (Å²) < 4.78 is 0. The smallest absolute Gasteiger partial charge is 0.161 e. The third kappa shape index (κ3) is 3.19. The van der Waals surface area contributed by atoms with Crippen LogP contribution in [-0.4, -0.2) is 16.5 Å². The molecule has 0 aliphatic carbocycles. The molecule has 2 heterocycles. The number of hydrogen-bond acceptors (Lipinski definition) is 5. The molecule has 0 fully saturated rings. The molecule has 2 aromatic rings. The topological polar surface area (TPSA) is 61.6 Å². The largest absolute Gasteiger partial charge is 0.370 e. The van der Waals surface area contributed by atoms with Gasteiger partial charge in [-0.3, -0.25) is 0 Å². The Balaban J connectivity index is 1.93. The number of halogens is 1. The van der Waals surface area contributed by atoms with Gasteiger partial charge in [0.1, 0.15) is 11.9 Å². The van der Waals surface area contributed by atoms with Gasteiger partial charge in [0.05, 0.1) is 10.0 Å². The molecule has 0 aromatic carbocycles. The third-order valence-electron chi connectivity index (χ3n) is 2.27. The van der Waals surface area contributed by atoms with Crippen LogP contribution in [0, 0.1) is 18.3 Å². The summed E-state index contributed by atoms with van der Waals surface area (Å²) in [5, 5.41) is 13.4.